The molecule has 1 aliphatic carbocycles. The topological polar surface area (TPSA) is 111 Å². The van der Waals surface area contributed by atoms with Gasteiger partial charge in [-0.05, 0) is 6.07 Å². The normalized spacial score (nSPS) is 24.4. The van der Waals surface area contributed by atoms with Crippen molar-refractivity contribution in [1.82, 2.24) is 25.1 Å². The molecule has 0 spiro atoms. The Morgan fingerprint density at radius 3 is 2.82 bits per heavy atom. The van der Waals surface area contributed by atoms with Crippen LogP contribution in [-0.2, 0) is 6.54 Å². The van der Waals surface area contributed by atoms with Crippen LogP contribution in [0.15, 0.2) is 43.0 Å². The van der Waals surface area contributed by atoms with E-state index in [1.807, 2.05) is 0 Å². The van der Waals surface area contributed by atoms with E-state index in [0.29, 0.717) is 28.8 Å². The van der Waals surface area contributed by atoms with Gasteiger partial charge in [0, 0.05) is 12.4 Å². The summed E-state index contributed by atoms with van der Waals surface area (Å²) in [5.41, 5.74) is 1.03. The maximum atomic E-state index is 15.5. The number of hydrogen-bond acceptors (Lipinski definition) is 8. The molecule has 2 aliphatic rings. The molecule has 0 bridgehead atoms. The number of β-amino-alcohol motifs (C(OH)–C–C–N with tert-alkyl or cyclic N) is 1. The summed E-state index contributed by atoms with van der Waals surface area (Å²) in [6.45, 7) is 1.13. The van der Waals surface area contributed by atoms with E-state index in [-0.39, 0.29) is 28.8 Å². The fraction of sp³-hybridized carbons (Fsp3) is 0.409. The van der Waals surface area contributed by atoms with Crippen LogP contribution in [0.1, 0.15) is 18.4 Å². The van der Waals surface area contributed by atoms with Crippen LogP contribution >= 0.6 is 0 Å². The molecule has 3 heterocycles. The van der Waals surface area contributed by atoms with E-state index < -0.39 is 34.6 Å². The first-order chi connectivity index (χ1) is 16.4. The van der Waals surface area contributed by atoms with Crippen molar-refractivity contribution >= 4 is 11.6 Å². The fourth-order valence-electron chi connectivity index (χ4n) is 3.92. The van der Waals surface area contributed by atoms with Crippen LogP contribution in [-0.4, -0.2) is 60.5 Å². The summed E-state index contributed by atoms with van der Waals surface area (Å²) in [7, 11) is 0. The predicted octanol–water partition coefficient (Wildman–Crippen LogP) is -1.53. The molecule has 2 atom stereocenters. The van der Waals surface area contributed by atoms with Gasteiger partial charge in [0.2, 0.25) is 0 Å². The zero-order valence-corrected chi connectivity index (χ0v) is 20.6. The molecule has 5 rings (SSSR count). The van der Waals surface area contributed by atoms with E-state index in [0.717, 1.165) is 12.8 Å². The SMILES string of the molecule is O[C@H]1CNCC[I-]1(O)CNc1ncnc(N(Cc2ccc(-n3cccn3)cc2F)C2CC2)c1F. The van der Waals surface area contributed by atoms with Gasteiger partial charge in [-0.15, -0.1) is 0 Å². The number of benzene rings is 1. The molecular formula is C22H27F2IN7O2-. The van der Waals surface area contributed by atoms with Gasteiger partial charge in [0.15, 0.2) is 0 Å². The molecule has 1 saturated carbocycles. The van der Waals surface area contributed by atoms with E-state index in [9.17, 15) is 12.9 Å². The summed E-state index contributed by atoms with van der Waals surface area (Å²) in [6.07, 6.45) is 6.36. The number of aliphatic hydroxyl groups excluding tert-OH is 1. The number of rotatable bonds is 8. The molecule has 1 unspecified atom stereocenters. The molecule has 9 nitrogen and oxygen atoms in total. The number of halogens is 3. The first-order valence-electron chi connectivity index (χ1n) is 11.1. The number of aromatic nitrogens is 4. The molecule has 0 amide bonds. The van der Waals surface area contributed by atoms with Crippen molar-refractivity contribution in [2.75, 3.05) is 32.3 Å². The van der Waals surface area contributed by atoms with Crippen molar-refractivity contribution in [1.29, 1.82) is 0 Å². The van der Waals surface area contributed by atoms with E-state index in [1.165, 1.54) is 12.4 Å². The summed E-state index contributed by atoms with van der Waals surface area (Å²) < 4.78 is 42.7. The number of nitrogens with zero attached hydrogens (tertiary/aromatic N) is 5. The van der Waals surface area contributed by atoms with Gasteiger partial charge in [-0.2, -0.15) is 5.10 Å². The van der Waals surface area contributed by atoms with Gasteiger partial charge < -0.3 is 0 Å². The van der Waals surface area contributed by atoms with Crippen molar-refractivity contribution in [2.24, 2.45) is 0 Å². The van der Waals surface area contributed by atoms with Gasteiger partial charge in [0.25, 0.3) is 0 Å². The molecule has 4 N–H and O–H groups in total. The van der Waals surface area contributed by atoms with Gasteiger partial charge in [0.05, 0.1) is 0 Å². The number of hydrogen-bond donors (Lipinski definition) is 4. The van der Waals surface area contributed by atoms with Crippen LogP contribution in [0.3, 0.4) is 0 Å². The monoisotopic (exact) mass is 586 g/mol. The standard InChI is InChI=1S/C22H27F2IN7O2/c23-18-10-17(32-9-1-7-30-32)3-2-15(18)12-31(16-4-5-16)22-20(24)21(28-14-29-22)27-13-25(34)6-8-26-11-19(25)33/h1-3,7,9-10,14,16,19,26,33-34H,4-6,8,11-13H2,(H,27,28,29)/q-1/t19-/m0/s1. The fourth-order valence-corrected chi connectivity index (χ4v) is 8.99. The molecule has 0 radical (unpaired) electrons. The molecule has 34 heavy (non-hydrogen) atoms. The molecular weight excluding hydrogens is 559 g/mol. The second-order valence-electron chi connectivity index (χ2n) is 8.42. The Bertz CT molecular complexity index is 1150. The van der Waals surface area contributed by atoms with Crippen molar-refractivity contribution in [3.05, 3.63) is 60.2 Å². The minimum absolute atomic E-state index is 0.0205. The zero-order valence-electron chi connectivity index (χ0n) is 18.4. The van der Waals surface area contributed by atoms with E-state index >= 15 is 4.39 Å². The Morgan fingerprint density at radius 2 is 2.12 bits per heavy atom. The van der Waals surface area contributed by atoms with Crippen molar-refractivity contribution < 1.29 is 36.2 Å². The van der Waals surface area contributed by atoms with E-state index in [4.69, 9.17) is 0 Å². The quantitative estimate of drug-likeness (QED) is 0.143. The van der Waals surface area contributed by atoms with Gasteiger partial charge in [-0.1, -0.05) is 0 Å². The third-order valence-electron chi connectivity index (χ3n) is 6.02. The Labute approximate surface area is 200 Å². The van der Waals surface area contributed by atoms with Crippen LogP contribution in [0.4, 0.5) is 20.4 Å². The first kappa shape index (κ1) is 23.3. The minimum atomic E-state index is -3.49. The Morgan fingerprint density at radius 1 is 1.26 bits per heavy atom. The van der Waals surface area contributed by atoms with Crippen LogP contribution in [0.2, 0.25) is 0 Å². The van der Waals surface area contributed by atoms with Crippen LogP contribution < -0.4 is 34.4 Å². The van der Waals surface area contributed by atoms with Gasteiger partial charge in [0.1, 0.15) is 0 Å². The third-order valence-corrected chi connectivity index (χ3v) is 13.2. The Balaban J connectivity index is 1.35. The van der Waals surface area contributed by atoms with Crippen molar-refractivity contribution in [2.45, 2.75) is 29.5 Å². The molecule has 184 valence electrons. The third kappa shape index (κ3) is 4.85. The number of aliphatic hydroxyl groups is 1. The average Bonchev–Trinajstić information content (AvgIpc) is 3.52. The Kier molecular flexibility index (Phi) is 6.64. The molecule has 2 aromatic heterocycles. The average molecular weight is 586 g/mol. The summed E-state index contributed by atoms with van der Waals surface area (Å²) in [4.78, 5) is 9.95. The van der Waals surface area contributed by atoms with Crippen LogP contribution in [0, 0.1) is 11.6 Å². The van der Waals surface area contributed by atoms with Crippen molar-refractivity contribution in [3.8, 4) is 5.69 Å². The van der Waals surface area contributed by atoms with E-state index in [1.54, 1.807) is 40.2 Å². The molecule has 1 saturated heterocycles. The second-order valence-corrected chi connectivity index (χ2v) is 16.5. The maximum absolute atomic E-state index is 15.5. The summed E-state index contributed by atoms with van der Waals surface area (Å²) in [5, 5.41) is 20.3. The van der Waals surface area contributed by atoms with Crippen LogP contribution in [0.25, 0.3) is 5.69 Å². The first-order valence-corrected chi connectivity index (χ1v) is 16.3. The van der Waals surface area contributed by atoms with E-state index in [2.05, 4.69) is 25.7 Å². The van der Waals surface area contributed by atoms with Crippen molar-refractivity contribution in [3.63, 3.8) is 0 Å². The summed E-state index contributed by atoms with van der Waals surface area (Å²) in [5.74, 6) is -0.967. The van der Waals surface area contributed by atoms with Gasteiger partial charge in [-0.25, -0.2) is 0 Å². The van der Waals surface area contributed by atoms with Gasteiger partial charge in [-0.3, -0.25) is 0 Å². The zero-order chi connectivity index (χ0) is 23.7. The number of alkyl halides is 3. The second kappa shape index (κ2) is 9.68. The number of anilines is 2. The molecule has 3 aromatic rings. The Hall–Kier alpha value is -2.42. The molecule has 1 aliphatic heterocycles. The summed E-state index contributed by atoms with van der Waals surface area (Å²) in [6, 6.07) is 6.69. The predicted molar refractivity (Wildman–Crippen MR) is 119 cm³/mol. The van der Waals surface area contributed by atoms with Gasteiger partial charge >= 0.3 is 177 Å². The number of nitrogens with one attached hydrogen (secondary N) is 2. The van der Waals surface area contributed by atoms with Crippen LogP contribution in [0.5, 0.6) is 0 Å². The summed E-state index contributed by atoms with van der Waals surface area (Å²) >= 11 is -3.49. The molecule has 2 fully saturated rings. The molecule has 12 heteroatoms. The molecule has 1 aromatic carbocycles.